The summed E-state index contributed by atoms with van der Waals surface area (Å²) in [4.78, 5) is 0. The van der Waals surface area contributed by atoms with Crippen LogP contribution in [0.1, 0.15) is 158 Å². The normalized spacial score (nSPS) is 11.5. The fourth-order valence-electron chi connectivity index (χ4n) is 4.60. The lowest BCUT2D eigenvalue weighted by atomic mass is 10.1. The quantitative estimate of drug-likeness (QED) is 0.0524. The summed E-state index contributed by atoms with van der Waals surface area (Å²) in [5, 5.41) is 0. The van der Waals surface area contributed by atoms with E-state index in [0.717, 1.165) is 25.7 Å². The van der Waals surface area contributed by atoms with Gasteiger partial charge in [-0.25, -0.2) is 0 Å². The molecule has 0 radical (unpaired) electrons. The highest BCUT2D eigenvalue weighted by Gasteiger charge is 2.32. The van der Waals surface area contributed by atoms with Gasteiger partial charge >= 0.3 is 0 Å². The first-order chi connectivity index (χ1) is 19.5. The Morgan fingerprint density at radius 1 is 0.325 bits per heavy atom. The van der Waals surface area contributed by atoms with Crippen LogP contribution in [-0.4, -0.2) is 51.6 Å². The Morgan fingerprint density at radius 2 is 0.525 bits per heavy atom. The Kier molecular flexibility index (Phi) is 38.1. The molecule has 6 heteroatoms. The number of unbranched alkanes of at least 4 members (excludes halogenated alkanes) is 12. The highest BCUT2D eigenvalue weighted by atomic mass is 16.9. The van der Waals surface area contributed by atoms with Crippen LogP contribution >= 0.6 is 0 Å². The van der Waals surface area contributed by atoms with Crippen molar-refractivity contribution in [2.24, 2.45) is 0 Å². The first kappa shape index (κ1) is 43.9. The summed E-state index contributed by atoms with van der Waals surface area (Å²) >= 11 is 0. The van der Waals surface area contributed by atoms with E-state index in [1.54, 1.807) is 0 Å². The molecule has 0 aliphatic rings. The van der Waals surface area contributed by atoms with Gasteiger partial charge < -0.3 is 28.4 Å². The van der Waals surface area contributed by atoms with Gasteiger partial charge in [-0.1, -0.05) is 90.9 Å². The Labute approximate surface area is 251 Å². The molecule has 0 fully saturated rings. The predicted octanol–water partition coefficient (Wildman–Crippen LogP) is 10.6. The van der Waals surface area contributed by atoms with Crippen molar-refractivity contribution in [3.8, 4) is 0 Å². The minimum absolute atomic E-state index is 0.622. The van der Waals surface area contributed by atoms with Crippen molar-refractivity contribution in [2.45, 2.75) is 170 Å². The third-order valence-corrected chi connectivity index (χ3v) is 6.36. The Bertz CT molecular complexity index is 386. The van der Waals surface area contributed by atoms with Gasteiger partial charge in [-0.15, -0.1) is 13.2 Å². The molecule has 40 heavy (non-hydrogen) atoms. The van der Waals surface area contributed by atoms with E-state index in [2.05, 4.69) is 27.0 Å². The van der Waals surface area contributed by atoms with E-state index in [-0.39, 0.29) is 0 Å². The molecule has 0 saturated heterocycles. The van der Waals surface area contributed by atoms with Crippen LogP contribution in [0.15, 0.2) is 13.2 Å². The minimum Gasteiger partial charge on any atom is -0.328 e. The molecule has 0 aliphatic carbocycles. The van der Waals surface area contributed by atoms with Crippen molar-refractivity contribution >= 4 is 0 Å². The molecule has 0 heterocycles. The van der Waals surface area contributed by atoms with Crippen molar-refractivity contribution < 1.29 is 28.4 Å². The van der Waals surface area contributed by atoms with E-state index in [9.17, 15) is 0 Å². The third kappa shape index (κ3) is 26.4. The lowest BCUT2D eigenvalue weighted by Gasteiger charge is -2.32. The molecule has 0 aromatic carbocycles. The second-order valence-electron chi connectivity index (χ2n) is 9.71. The van der Waals surface area contributed by atoms with Crippen LogP contribution in [0.4, 0.5) is 0 Å². The molecule has 0 spiro atoms. The maximum Gasteiger partial charge on any atom is 0.282 e. The highest BCUT2D eigenvalue weighted by molar-refractivity contribution is 4.60. The topological polar surface area (TPSA) is 55.4 Å². The summed E-state index contributed by atoms with van der Waals surface area (Å²) in [6, 6.07) is 0. The van der Waals surface area contributed by atoms with Gasteiger partial charge in [0.15, 0.2) is 0 Å². The molecule has 0 rings (SSSR count). The molecule has 0 aromatic heterocycles. The maximum atomic E-state index is 5.71. The van der Waals surface area contributed by atoms with Gasteiger partial charge in [0.2, 0.25) is 0 Å². The van der Waals surface area contributed by atoms with Gasteiger partial charge in [-0.2, -0.15) is 0 Å². The van der Waals surface area contributed by atoms with Crippen LogP contribution in [-0.2, 0) is 28.4 Å². The smallest absolute Gasteiger partial charge is 0.282 e. The number of hydrogen-bond donors (Lipinski definition) is 0. The Morgan fingerprint density at radius 3 is 0.725 bits per heavy atom. The Hall–Kier alpha value is -0.500. The second-order valence-corrected chi connectivity index (χ2v) is 9.71. The number of rotatable bonds is 28. The van der Waals surface area contributed by atoms with Gasteiger partial charge in [0.1, 0.15) is 0 Å². The van der Waals surface area contributed by atoms with Crippen LogP contribution in [0, 0.1) is 0 Å². The fraction of sp³-hybridized carbons (Fsp3) is 0.941. The molecule has 6 nitrogen and oxygen atoms in total. The van der Waals surface area contributed by atoms with Gasteiger partial charge in [0, 0.05) is 52.5 Å². The van der Waals surface area contributed by atoms with E-state index in [1.165, 1.54) is 77.0 Å². The molecule has 0 unspecified atom stereocenters. The lowest BCUT2D eigenvalue weighted by molar-refractivity contribution is -0.380. The summed E-state index contributed by atoms with van der Waals surface area (Å²) in [5.41, 5.74) is 0. The van der Waals surface area contributed by atoms with Gasteiger partial charge in [-0.3, -0.25) is 0 Å². The SMILES string of the molecule is C=C.CCCCCCCCCC(OCC)(OCC)OCC.CCCCCCCCCC(OCC)(OCC)OCC. The molecular formula is C34H72O6. The summed E-state index contributed by atoms with van der Waals surface area (Å²) < 4.78 is 34.3. The van der Waals surface area contributed by atoms with E-state index >= 15 is 0 Å². The lowest BCUT2D eigenvalue weighted by Crippen LogP contribution is -2.39. The highest BCUT2D eigenvalue weighted by Crippen LogP contribution is 2.25. The zero-order chi connectivity index (χ0) is 30.8. The molecule has 0 atom stereocenters. The fourth-order valence-corrected chi connectivity index (χ4v) is 4.60. The van der Waals surface area contributed by atoms with Crippen LogP contribution in [0.25, 0.3) is 0 Å². The second kappa shape index (κ2) is 34.7. The van der Waals surface area contributed by atoms with Crippen molar-refractivity contribution in [3.05, 3.63) is 13.2 Å². The van der Waals surface area contributed by atoms with E-state index in [1.807, 2.05) is 41.5 Å². The number of ether oxygens (including phenoxy) is 6. The Balaban J connectivity index is -0.000000644. The number of hydrogen-bond acceptors (Lipinski definition) is 6. The molecule has 0 aliphatic heterocycles. The van der Waals surface area contributed by atoms with Crippen LogP contribution in [0.5, 0.6) is 0 Å². The predicted molar refractivity (Wildman–Crippen MR) is 172 cm³/mol. The van der Waals surface area contributed by atoms with Crippen molar-refractivity contribution in [1.82, 2.24) is 0 Å². The molecule has 0 N–H and O–H groups in total. The van der Waals surface area contributed by atoms with Crippen LogP contribution < -0.4 is 0 Å². The van der Waals surface area contributed by atoms with Crippen LogP contribution in [0.2, 0.25) is 0 Å². The summed E-state index contributed by atoms with van der Waals surface area (Å²) in [6.07, 6.45) is 19.7. The average molecular weight is 577 g/mol. The molecule has 0 amide bonds. The largest absolute Gasteiger partial charge is 0.328 e. The average Bonchev–Trinajstić information content (AvgIpc) is 2.94. The third-order valence-electron chi connectivity index (χ3n) is 6.36. The van der Waals surface area contributed by atoms with Crippen LogP contribution in [0.3, 0.4) is 0 Å². The zero-order valence-corrected chi connectivity index (χ0v) is 28.4. The zero-order valence-electron chi connectivity index (χ0n) is 28.4. The standard InChI is InChI=1S/2C16H34O3.C2H4/c2*1-5-9-10-11-12-13-14-15-16(17-6-2,18-7-3)19-8-4;1-2/h2*5-15H2,1-4H3;1-2H2. The summed E-state index contributed by atoms with van der Waals surface area (Å²) in [5.74, 6) is -1.61. The molecular weight excluding hydrogens is 504 g/mol. The summed E-state index contributed by atoms with van der Waals surface area (Å²) in [6.45, 7) is 26.1. The summed E-state index contributed by atoms with van der Waals surface area (Å²) in [7, 11) is 0. The van der Waals surface area contributed by atoms with E-state index in [4.69, 9.17) is 28.4 Å². The first-order valence-electron chi connectivity index (χ1n) is 16.8. The molecule has 0 bridgehead atoms. The van der Waals surface area contributed by atoms with Gasteiger partial charge in [-0.05, 0) is 54.4 Å². The van der Waals surface area contributed by atoms with Crippen molar-refractivity contribution in [3.63, 3.8) is 0 Å². The van der Waals surface area contributed by atoms with Gasteiger partial charge in [0.25, 0.3) is 11.9 Å². The minimum atomic E-state index is -0.804. The van der Waals surface area contributed by atoms with Crippen molar-refractivity contribution in [1.29, 1.82) is 0 Å². The maximum absolute atomic E-state index is 5.71. The molecule has 0 saturated carbocycles. The van der Waals surface area contributed by atoms with Crippen molar-refractivity contribution in [2.75, 3.05) is 39.6 Å². The van der Waals surface area contributed by atoms with Gasteiger partial charge in [0.05, 0.1) is 0 Å². The first-order valence-corrected chi connectivity index (χ1v) is 16.8. The van der Waals surface area contributed by atoms with E-state index < -0.39 is 11.9 Å². The molecule has 244 valence electrons. The molecule has 0 aromatic rings. The monoisotopic (exact) mass is 577 g/mol. The van der Waals surface area contributed by atoms with E-state index in [0.29, 0.717) is 39.6 Å².